The van der Waals surface area contributed by atoms with E-state index in [9.17, 15) is 9.59 Å². The molecular weight excluding hydrogens is 471 g/mol. The molecule has 0 spiro atoms. The number of halogens is 2. The van der Waals surface area contributed by atoms with Crippen LogP contribution in [0.3, 0.4) is 0 Å². The lowest BCUT2D eigenvalue weighted by Crippen LogP contribution is -2.30. The molecule has 0 aliphatic carbocycles. The van der Waals surface area contributed by atoms with Gasteiger partial charge in [0.15, 0.2) is 0 Å². The Morgan fingerprint density at radius 3 is 2.44 bits per heavy atom. The number of aromatic nitrogens is 1. The maximum absolute atomic E-state index is 13.0. The Bertz CT molecular complexity index is 1260. The summed E-state index contributed by atoms with van der Waals surface area (Å²) in [5.41, 5.74) is 3.91. The lowest BCUT2D eigenvalue weighted by molar-refractivity contribution is 0.00695. The molecule has 34 heavy (non-hydrogen) atoms. The number of carbonyl (C=O) groups is 1. The largest absolute Gasteiger partial charge is 0.456 e. The molecule has 0 atom stereocenters. The van der Waals surface area contributed by atoms with E-state index in [1.807, 2.05) is 45.0 Å². The number of carbonyl (C=O) groups excluding carboxylic acids is 1. The number of hydrogen-bond donors (Lipinski definition) is 0. The van der Waals surface area contributed by atoms with Gasteiger partial charge in [-0.25, -0.2) is 4.79 Å². The SMILES string of the molecule is CC(C)(C)OC(=O)c1ccc(CCn2c(CN3CCc4ccccc43)c(Cl)cc(Cl)c2=O)cc1. The maximum Gasteiger partial charge on any atom is 0.338 e. The number of aryl methyl sites for hydroxylation is 1. The van der Waals surface area contributed by atoms with Crippen molar-refractivity contribution in [2.75, 3.05) is 11.4 Å². The van der Waals surface area contributed by atoms with Crippen LogP contribution in [0.25, 0.3) is 0 Å². The summed E-state index contributed by atoms with van der Waals surface area (Å²) in [7, 11) is 0. The third-order valence-electron chi connectivity index (χ3n) is 5.84. The van der Waals surface area contributed by atoms with E-state index >= 15 is 0 Å². The number of ether oxygens (including phenoxy) is 1. The van der Waals surface area contributed by atoms with Crippen LogP contribution in [0.2, 0.25) is 10.0 Å². The van der Waals surface area contributed by atoms with Crippen molar-refractivity contribution in [3.63, 3.8) is 0 Å². The first-order valence-corrected chi connectivity index (χ1v) is 12.1. The zero-order valence-corrected chi connectivity index (χ0v) is 21.1. The fraction of sp³-hybridized carbons (Fsp3) is 0.333. The smallest absolute Gasteiger partial charge is 0.338 e. The van der Waals surface area contributed by atoms with E-state index in [1.165, 1.54) is 17.3 Å². The Hall–Kier alpha value is -2.76. The quantitative estimate of drug-likeness (QED) is 0.396. The fourth-order valence-corrected chi connectivity index (χ4v) is 4.71. The summed E-state index contributed by atoms with van der Waals surface area (Å²) in [5, 5.41) is 0.588. The zero-order valence-electron chi connectivity index (χ0n) is 19.6. The summed E-state index contributed by atoms with van der Waals surface area (Å²) in [6, 6.07) is 17.1. The Morgan fingerprint density at radius 1 is 1.03 bits per heavy atom. The minimum absolute atomic E-state index is 0.107. The van der Waals surface area contributed by atoms with Crippen LogP contribution in [-0.4, -0.2) is 22.7 Å². The van der Waals surface area contributed by atoms with Crippen LogP contribution in [0.1, 0.15) is 48.0 Å². The summed E-state index contributed by atoms with van der Waals surface area (Å²) in [6.45, 7) is 7.34. The van der Waals surface area contributed by atoms with Gasteiger partial charge in [0.25, 0.3) is 5.56 Å². The first-order valence-electron chi connectivity index (χ1n) is 11.4. The third-order valence-corrected chi connectivity index (χ3v) is 6.44. The van der Waals surface area contributed by atoms with Crippen molar-refractivity contribution in [2.24, 2.45) is 0 Å². The van der Waals surface area contributed by atoms with Crippen molar-refractivity contribution < 1.29 is 9.53 Å². The number of rotatable bonds is 6. The standard InChI is InChI=1S/C27H28Cl2N2O3/c1-27(2,3)34-26(33)20-10-8-18(9-11-20)12-15-31-24(21(28)16-22(29)25(31)32)17-30-14-13-19-6-4-5-7-23(19)30/h4-11,16H,12-15,17H2,1-3H3. The van der Waals surface area contributed by atoms with Gasteiger partial charge in [-0.1, -0.05) is 53.5 Å². The van der Waals surface area contributed by atoms with E-state index in [4.69, 9.17) is 27.9 Å². The number of fused-ring (bicyclic) bond motifs is 1. The Kier molecular flexibility index (Phi) is 7.06. The van der Waals surface area contributed by atoms with Gasteiger partial charge in [0.2, 0.25) is 0 Å². The second-order valence-electron chi connectivity index (χ2n) is 9.49. The highest BCUT2D eigenvalue weighted by Crippen LogP contribution is 2.30. The molecule has 0 fully saturated rings. The molecule has 7 heteroatoms. The molecule has 0 radical (unpaired) electrons. The number of para-hydroxylation sites is 1. The van der Waals surface area contributed by atoms with E-state index in [-0.39, 0.29) is 16.6 Å². The van der Waals surface area contributed by atoms with Gasteiger partial charge in [-0.2, -0.15) is 0 Å². The molecule has 5 nitrogen and oxygen atoms in total. The van der Waals surface area contributed by atoms with Crippen molar-refractivity contribution in [3.05, 3.63) is 97.4 Å². The molecule has 2 heterocycles. The normalized spacial score (nSPS) is 13.1. The van der Waals surface area contributed by atoms with Gasteiger partial charge in [-0.05, 0) is 69.0 Å². The first kappa shape index (κ1) is 24.4. The molecular formula is C27H28Cl2N2O3. The van der Waals surface area contributed by atoms with Gasteiger partial charge in [-0.3, -0.25) is 4.79 Å². The second kappa shape index (κ2) is 9.85. The van der Waals surface area contributed by atoms with E-state index in [0.717, 1.165) is 24.2 Å². The number of esters is 1. The monoisotopic (exact) mass is 498 g/mol. The minimum atomic E-state index is -0.547. The van der Waals surface area contributed by atoms with Gasteiger partial charge >= 0.3 is 5.97 Å². The summed E-state index contributed by atoms with van der Waals surface area (Å²) >= 11 is 12.8. The van der Waals surface area contributed by atoms with Gasteiger partial charge < -0.3 is 14.2 Å². The van der Waals surface area contributed by atoms with Gasteiger partial charge in [0.1, 0.15) is 10.6 Å². The molecule has 0 amide bonds. The molecule has 3 aromatic rings. The summed E-state index contributed by atoms with van der Waals surface area (Å²) in [5.74, 6) is -0.356. The molecule has 1 aromatic heterocycles. The zero-order chi connectivity index (χ0) is 24.5. The predicted molar refractivity (Wildman–Crippen MR) is 137 cm³/mol. The third kappa shape index (κ3) is 5.48. The molecule has 1 aliphatic rings. The highest BCUT2D eigenvalue weighted by atomic mass is 35.5. The molecule has 0 bridgehead atoms. The van der Waals surface area contributed by atoms with Crippen LogP contribution < -0.4 is 10.5 Å². The van der Waals surface area contributed by atoms with Crippen LogP contribution in [0.15, 0.2) is 59.4 Å². The van der Waals surface area contributed by atoms with E-state index in [0.29, 0.717) is 30.1 Å². The molecule has 178 valence electrons. The van der Waals surface area contributed by atoms with Crippen molar-refractivity contribution in [1.82, 2.24) is 4.57 Å². The lowest BCUT2D eigenvalue weighted by atomic mass is 10.1. The average Bonchev–Trinajstić information content (AvgIpc) is 3.19. The fourth-order valence-electron chi connectivity index (χ4n) is 4.17. The van der Waals surface area contributed by atoms with Crippen molar-refractivity contribution in [1.29, 1.82) is 0 Å². The van der Waals surface area contributed by atoms with Crippen LogP contribution in [0.5, 0.6) is 0 Å². The van der Waals surface area contributed by atoms with Crippen molar-refractivity contribution in [2.45, 2.75) is 52.3 Å². The predicted octanol–water partition coefficient (Wildman–Crippen LogP) is 5.92. The van der Waals surface area contributed by atoms with Crippen molar-refractivity contribution in [3.8, 4) is 0 Å². The van der Waals surface area contributed by atoms with Gasteiger partial charge in [0, 0.05) is 18.8 Å². The maximum atomic E-state index is 13.0. The highest BCUT2D eigenvalue weighted by Gasteiger charge is 2.22. The summed E-state index contributed by atoms with van der Waals surface area (Å²) in [6.07, 6.45) is 1.56. The molecule has 2 aromatic carbocycles. The number of pyridine rings is 1. The molecule has 4 rings (SSSR count). The van der Waals surface area contributed by atoms with Crippen LogP contribution >= 0.6 is 23.2 Å². The van der Waals surface area contributed by atoms with E-state index in [1.54, 1.807) is 16.7 Å². The summed E-state index contributed by atoms with van der Waals surface area (Å²) < 4.78 is 7.09. The van der Waals surface area contributed by atoms with E-state index in [2.05, 4.69) is 17.0 Å². The first-order chi connectivity index (χ1) is 16.1. The highest BCUT2D eigenvalue weighted by molar-refractivity contribution is 6.34. The Morgan fingerprint density at radius 2 is 1.74 bits per heavy atom. The molecule has 0 saturated carbocycles. The van der Waals surface area contributed by atoms with Crippen LogP contribution in [-0.2, 0) is 30.7 Å². The molecule has 0 saturated heterocycles. The Balaban J connectivity index is 1.53. The van der Waals surface area contributed by atoms with Gasteiger partial charge in [-0.15, -0.1) is 0 Å². The number of hydrogen-bond acceptors (Lipinski definition) is 4. The number of anilines is 1. The summed E-state index contributed by atoms with van der Waals surface area (Å²) in [4.78, 5) is 27.5. The molecule has 1 aliphatic heterocycles. The molecule has 0 unspecified atom stereocenters. The number of benzene rings is 2. The minimum Gasteiger partial charge on any atom is -0.456 e. The lowest BCUT2D eigenvalue weighted by Gasteiger charge is -2.23. The topological polar surface area (TPSA) is 51.5 Å². The van der Waals surface area contributed by atoms with E-state index < -0.39 is 5.60 Å². The van der Waals surface area contributed by atoms with Crippen LogP contribution in [0, 0.1) is 0 Å². The second-order valence-corrected chi connectivity index (χ2v) is 10.3. The number of nitrogens with zero attached hydrogens (tertiary/aromatic N) is 2. The average molecular weight is 499 g/mol. The molecule has 0 N–H and O–H groups in total. The Labute approximate surface area is 209 Å². The van der Waals surface area contributed by atoms with Crippen LogP contribution in [0.4, 0.5) is 5.69 Å². The van der Waals surface area contributed by atoms with Crippen molar-refractivity contribution >= 4 is 34.9 Å². The van der Waals surface area contributed by atoms with Gasteiger partial charge in [0.05, 0.1) is 22.8 Å².